The Bertz CT molecular complexity index is 538. The van der Waals surface area contributed by atoms with Crippen molar-refractivity contribution in [2.24, 2.45) is 0 Å². The Morgan fingerprint density at radius 1 is 1.14 bits per heavy atom. The lowest BCUT2D eigenvalue weighted by Crippen LogP contribution is -2.39. The third-order valence-corrected chi connectivity index (χ3v) is 3.28. The molecule has 1 aromatic carbocycles. The minimum absolute atomic E-state index is 0.120. The fourth-order valence-corrected chi connectivity index (χ4v) is 1.67. The molecule has 0 radical (unpaired) electrons. The number of hydrogen-bond acceptors (Lipinski definition) is 4. The number of nitrogens with one attached hydrogen (secondary N) is 1. The molecule has 1 aromatic rings. The van der Waals surface area contributed by atoms with Gasteiger partial charge in [-0.3, -0.25) is 14.4 Å². The molecule has 0 unspecified atom stereocenters. The minimum atomic E-state index is -0.846. The molecule has 0 heterocycles. The van der Waals surface area contributed by atoms with E-state index in [0.29, 0.717) is 0 Å². The number of carbonyl (C=O) groups is 3. The molecular weight excluding hydrogens is 284 g/mol. The van der Waals surface area contributed by atoms with Gasteiger partial charge in [0.05, 0.1) is 12.0 Å². The molecule has 1 rings (SSSR count). The molecule has 120 valence electrons. The molecule has 0 saturated heterocycles. The molecule has 0 bridgehead atoms. The number of amides is 2. The van der Waals surface area contributed by atoms with E-state index in [1.807, 2.05) is 30.3 Å². The normalized spacial score (nSPS) is 10.7. The summed E-state index contributed by atoms with van der Waals surface area (Å²) in [5.74, 6) is -1.23. The lowest BCUT2D eigenvalue weighted by Gasteiger charge is -2.22. The number of rotatable bonds is 6. The van der Waals surface area contributed by atoms with Gasteiger partial charge >= 0.3 is 5.97 Å². The van der Waals surface area contributed by atoms with E-state index in [-0.39, 0.29) is 12.5 Å². The lowest BCUT2D eigenvalue weighted by molar-refractivity contribution is -0.153. The topological polar surface area (TPSA) is 75.7 Å². The molecule has 2 amide bonds. The molecule has 0 aliphatic rings. The van der Waals surface area contributed by atoms with Crippen molar-refractivity contribution in [2.75, 3.05) is 27.2 Å². The summed E-state index contributed by atoms with van der Waals surface area (Å²) in [5, 5.41) is 2.40. The van der Waals surface area contributed by atoms with Crippen molar-refractivity contribution >= 4 is 17.8 Å². The summed E-state index contributed by atoms with van der Waals surface area (Å²) in [6.45, 7) is 2.94. The van der Waals surface area contributed by atoms with Crippen molar-refractivity contribution in [3.05, 3.63) is 35.9 Å². The number of benzene rings is 1. The number of carbonyl (C=O) groups excluding carboxylic acids is 3. The van der Waals surface area contributed by atoms with Crippen LogP contribution in [0.2, 0.25) is 0 Å². The number of nitrogens with zero attached hydrogens (tertiary/aromatic N) is 1. The van der Waals surface area contributed by atoms with Crippen LogP contribution in [0.4, 0.5) is 0 Å². The highest BCUT2D eigenvalue weighted by atomic mass is 16.5. The van der Waals surface area contributed by atoms with Crippen molar-refractivity contribution in [3.63, 3.8) is 0 Å². The second kappa shape index (κ2) is 7.59. The van der Waals surface area contributed by atoms with Crippen LogP contribution in [0, 0.1) is 0 Å². The highest BCUT2D eigenvalue weighted by Crippen LogP contribution is 2.24. The maximum absolute atomic E-state index is 12.1. The molecule has 6 nitrogen and oxygen atoms in total. The Morgan fingerprint density at radius 2 is 1.73 bits per heavy atom. The summed E-state index contributed by atoms with van der Waals surface area (Å²) in [6.07, 6.45) is 0. The van der Waals surface area contributed by atoms with Crippen molar-refractivity contribution in [1.29, 1.82) is 0 Å². The van der Waals surface area contributed by atoms with Gasteiger partial charge in [0, 0.05) is 14.1 Å². The van der Waals surface area contributed by atoms with Crippen LogP contribution in [0.3, 0.4) is 0 Å². The second-order valence-corrected chi connectivity index (χ2v) is 5.63. The van der Waals surface area contributed by atoms with E-state index in [1.165, 1.54) is 4.90 Å². The Hall–Kier alpha value is -2.37. The summed E-state index contributed by atoms with van der Waals surface area (Å²) in [4.78, 5) is 36.4. The minimum Gasteiger partial charge on any atom is -0.455 e. The van der Waals surface area contributed by atoms with Gasteiger partial charge in [0.1, 0.15) is 0 Å². The Labute approximate surface area is 130 Å². The van der Waals surface area contributed by atoms with E-state index in [2.05, 4.69) is 5.32 Å². The number of hydrogen-bond donors (Lipinski definition) is 1. The second-order valence-electron chi connectivity index (χ2n) is 5.63. The molecule has 0 atom stereocenters. The van der Waals surface area contributed by atoms with Gasteiger partial charge in [0.25, 0.3) is 5.91 Å². The standard InChI is InChI=1S/C16H22N2O4/c1-16(2,12-8-6-5-7-9-12)15(21)22-11-13(19)17-10-14(20)18(3)4/h5-9H,10-11H2,1-4H3,(H,17,19). The average molecular weight is 306 g/mol. The molecule has 6 heteroatoms. The van der Waals surface area contributed by atoms with Gasteiger partial charge in [0.15, 0.2) is 6.61 Å². The van der Waals surface area contributed by atoms with Crippen molar-refractivity contribution in [2.45, 2.75) is 19.3 Å². The maximum Gasteiger partial charge on any atom is 0.316 e. The molecule has 0 aliphatic carbocycles. The Morgan fingerprint density at radius 3 is 2.27 bits per heavy atom. The first kappa shape index (κ1) is 17.7. The van der Waals surface area contributed by atoms with E-state index >= 15 is 0 Å². The van der Waals surface area contributed by atoms with E-state index in [4.69, 9.17) is 4.74 Å². The van der Waals surface area contributed by atoms with Gasteiger partial charge in [-0.2, -0.15) is 0 Å². The van der Waals surface area contributed by atoms with Crippen molar-refractivity contribution in [3.8, 4) is 0 Å². The quantitative estimate of drug-likeness (QED) is 0.786. The van der Waals surface area contributed by atoms with Gasteiger partial charge in [-0.15, -0.1) is 0 Å². The summed E-state index contributed by atoms with van der Waals surface area (Å²) in [7, 11) is 3.19. The summed E-state index contributed by atoms with van der Waals surface area (Å²) >= 11 is 0. The number of ether oxygens (including phenoxy) is 1. The summed E-state index contributed by atoms with van der Waals surface area (Å²) in [6, 6.07) is 9.20. The zero-order valence-corrected chi connectivity index (χ0v) is 13.4. The molecule has 0 saturated carbocycles. The lowest BCUT2D eigenvalue weighted by atomic mass is 9.85. The zero-order chi connectivity index (χ0) is 16.8. The highest BCUT2D eigenvalue weighted by molar-refractivity contribution is 5.88. The van der Waals surface area contributed by atoms with Crippen LogP contribution in [0.5, 0.6) is 0 Å². The summed E-state index contributed by atoms with van der Waals surface area (Å²) in [5.41, 5.74) is -0.0377. The third kappa shape index (κ3) is 4.87. The van der Waals surface area contributed by atoms with Gasteiger partial charge in [-0.1, -0.05) is 30.3 Å². The van der Waals surface area contributed by atoms with E-state index in [9.17, 15) is 14.4 Å². The third-order valence-electron chi connectivity index (χ3n) is 3.28. The van der Waals surface area contributed by atoms with Crippen LogP contribution in [-0.4, -0.2) is 49.9 Å². The predicted octanol–water partition coefficient (Wildman–Crippen LogP) is 0.712. The monoisotopic (exact) mass is 306 g/mol. The maximum atomic E-state index is 12.1. The molecule has 0 aliphatic heterocycles. The van der Waals surface area contributed by atoms with Crippen molar-refractivity contribution in [1.82, 2.24) is 10.2 Å². The number of likely N-dealkylation sites (N-methyl/N-ethyl adjacent to an activating group) is 1. The van der Waals surface area contributed by atoms with Gasteiger partial charge in [-0.25, -0.2) is 0 Å². The molecule has 0 aromatic heterocycles. The first-order valence-corrected chi connectivity index (χ1v) is 6.94. The van der Waals surface area contributed by atoms with Crippen LogP contribution < -0.4 is 5.32 Å². The fraction of sp³-hybridized carbons (Fsp3) is 0.438. The van der Waals surface area contributed by atoms with Crippen LogP contribution >= 0.6 is 0 Å². The van der Waals surface area contributed by atoms with Crippen LogP contribution in [0.25, 0.3) is 0 Å². The summed E-state index contributed by atoms with van der Waals surface area (Å²) < 4.78 is 5.04. The average Bonchev–Trinajstić information content (AvgIpc) is 2.50. The molecule has 1 N–H and O–H groups in total. The van der Waals surface area contributed by atoms with E-state index in [0.717, 1.165) is 5.56 Å². The van der Waals surface area contributed by atoms with Gasteiger partial charge in [-0.05, 0) is 19.4 Å². The van der Waals surface area contributed by atoms with Crippen molar-refractivity contribution < 1.29 is 19.1 Å². The highest BCUT2D eigenvalue weighted by Gasteiger charge is 2.31. The van der Waals surface area contributed by atoms with Gasteiger partial charge in [0.2, 0.25) is 5.91 Å². The molecular formula is C16H22N2O4. The van der Waals surface area contributed by atoms with E-state index in [1.54, 1.807) is 27.9 Å². The first-order valence-electron chi connectivity index (χ1n) is 6.94. The van der Waals surface area contributed by atoms with Crippen LogP contribution in [0.15, 0.2) is 30.3 Å². The molecule has 22 heavy (non-hydrogen) atoms. The Balaban J connectivity index is 2.49. The van der Waals surface area contributed by atoms with Crippen LogP contribution in [-0.2, 0) is 24.5 Å². The predicted molar refractivity (Wildman–Crippen MR) is 82.1 cm³/mol. The molecule has 0 fully saturated rings. The zero-order valence-electron chi connectivity index (χ0n) is 13.4. The Kier molecular flexibility index (Phi) is 6.10. The molecule has 0 spiro atoms. The SMILES string of the molecule is CN(C)C(=O)CNC(=O)COC(=O)C(C)(C)c1ccccc1. The number of esters is 1. The van der Waals surface area contributed by atoms with Gasteiger partial charge < -0.3 is 15.0 Å². The van der Waals surface area contributed by atoms with E-state index < -0.39 is 23.9 Å². The smallest absolute Gasteiger partial charge is 0.316 e. The first-order chi connectivity index (χ1) is 10.2. The largest absolute Gasteiger partial charge is 0.455 e. The fourth-order valence-electron chi connectivity index (χ4n) is 1.67. The van der Waals surface area contributed by atoms with Crippen LogP contribution in [0.1, 0.15) is 19.4 Å².